The molecule has 0 atom stereocenters. The molecule has 5 nitrogen and oxygen atoms in total. The van der Waals surface area contributed by atoms with Crippen LogP contribution in [-0.2, 0) is 10.0 Å². The maximum Gasteiger partial charge on any atom is 0.266 e. The first kappa shape index (κ1) is 14.5. The van der Waals surface area contributed by atoms with Crippen LogP contribution >= 0.6 is 11.6 Å². The lowest BCUT2D eigenvalue weighted by molar-refractivity contribution is 0.475. The molecule has 7 heteroatoms. The highest BCUT2D eigenvalue weighted by Crippen LogP contribution is 2.28. The Morgan fingerprint density at radius 1 is 1.15 bits per heavy atom. The van der Waals surface area contributed by atoms with Gasteiger partial charge >= 0.3 is 0 Å². The molecule has 0 saturated carbocycles. The third kappa shape index (κ3) is 2.66. The average molecular weight is 313 g/mol. The van der Waals surface area contributed by atoms with Crippen molar-refractivity contribution in [1.82, 2.24) is 0 Å². The molecule has 0 amide bonds. The van der Waals surface area contributed by atoms with Gasteiger partial charge in [0.2, 0.25) is 0 Å². The van der Waals surface area contributed by atoms with Crippen molar-refractivity contribution >= 4 is 33.0 Å². The third-order valence-corrected chi connectivity index (χ3v) is 4.92. The maximum atomic E-state index is 12.5. The normalized spacial score (nSPS) is 11.3. The van der Waals surface area contributed by atoms with Crippen molar-refractivity contribution in [3.8, 4) is 5.75 Å². The van der Waals surface area contributed by atoms with Crippen molar-refractivity contribution in [2.24, 2.45) is 0 Å². The summed E-state index contributed by atoms with van der Waals surface area (Å²) in [4.78, 5) is -0.0162. The van der Waals surface area contributed by atoms with Gasteiger partial charge in [-0.15, -0.1) is 0 Å². The number of rotatable bonds is 3. The number of nitrogens with zero attached hydrogens (tertiary/aromatic N) is 1. The van der Waals surface area contributed by atoms with E-state index in [1.807, 2.05) is 0 Å². The summed E-state index contributed by atoms with van der Waals surface area (Å²) >= 11 is 5.76. The average Bonchev–Trinajstić information content (AvgIpc) is 2.38. The zero-order valence-electron chi connectivity index (χ0n) is 10.6. The van der Waals surface area contributed by atoms with E-state index in [0.717, 1.165) is 4.31 Å². The van der Waals surface area contributed by atoms with E-state index in [2.05, 4.69) is 0 Å². The predicted octanol–water partition coefficient (Wildman–Crippen LogP) is 2.45. The van der Waals surface area contributed by atoms with Crippen LogP contribution in [0.4, 0.5) is 11.4 Å². The minimum Gasteiger partial charge on any atom is -0.508 e. The number of benzene rings is 2. The summed E-state index contributed by atoms with van der Waals surface area (Å²) in [5.74, 6) is 0.0607. The van der Waals surface area contributed by atoms with E-state index in [1.165, 1.54) is 49.5 Å². The van der Waals surface area contributed by atoms with Crippen molar-refractivity contribution in [3.63, 3.8) is 0 Å². The number of aromatic hydroxyl groups is 1. The summed E-state index contributed by atoms with van der Waals surface area (Å²) in [6.45, 7) is 0. The van der Waals surface area contributed by atoms with Gasteiger partial charge in [0.05, 0.1) is 11.4 Å². The van der Waals surface area contributed by atoms with Gasteiger partial charge in [-0.3, -0.25) is 4.31 Å². The zero-order valence-corrected chi connectivity index (χ0v) is 12.2. The van der Waals surface area contributed by atoms with Gasteiger partial charge in [-0.25, -0.2) is 8.42 Å². The van der Waals surface area contributed by atoms with Crippen LogP contribution in [0.1, 0.15) is 0 Å². The second kappa shape index (κ2) is 5.22. The second-order valence-corrected chi connectivity index (χ2v) is 6.55. The second-order valence-electron chi connectivity index (χ2n) is 4.17. The standard InChI is InChI=1S/C13H13ClN2O3S/c1-16(10-3-5-11(17)6-4-10)20(18,19)13-7-2-9(14)8-12(13)15/h2-8,17H,15H2,1H3. The van der Waals surface area contributed by atoms with Gasteiger partial charge < -0.3 is 10.8 Å². The summed E-state index contributed by atoms with van der Waals surface area (Å²) in [5, 5.41) is 9.60. The summed E-state index contributed by atoms with van der Waals surface area (Å²) in [6.07, 6.45) is 0. The van der Waals surface area contributed by atoms with Crippen molar-refractivity contribution < 1.29 is 13.5 Å². The lowest BCUT2D eigenvalue weighted by atomic mass is 10.3. The highest BCUT2D eigenvalue weighted by atomic mass is 35.5. The smallest absolute Gasteiger partial charge is 0.266 e. The molecule has 20 heavy (non-hydrogen) atoms. The number of phenolic OH excluding ortho intramolecular Hbond substituents is 1. The summed E-state index contributed by atoms with van der Waals surface area (Å²) in [5.41, 5.74) is 6.22. The largest absolute Gasteiger partial charge is 0.508 e. The van der Waals surface area contributed by atoms with Crippen LogP contribution < -0.4 is 10.0 Å². The number of halogens is 1. The molecule has 0 aliphatic heterocycles. The molecule has 2 aromatic rings. The first-order chi connectivity index (χ1) is 9.32. The van der Waals surface area contributed by atoms with E-state index in [0.29, 0.717) is 10.7 Å². The molecular formula is C13H13ClN2O3S. The number of anilines is 2. The van der Waals surface area contributed by atoms with Gasteiger partial charge in [-0.05, 0) is 42.5 Å². The van der Waals surface area contributed by atoms with Crippen molar-refractivity contribution in [2.75, 3.05) is 17.1 Å². The zero-order chi connectivity index (χ0) is 14.9. The lowest BCUT2D eigenvalue weighted by Gasteiger charge is -2.20. The topological polar surface area (TPSA) is 83.6 Å². The fraction of sp³-hybridized carbons (Fsp3) is 0.0769. The van der Waals surface area contributed by atoms with Gasteiger partial charge in [0.25, 0.3) is 10.0 Å². The molecule has 0 radical (unpaired) electrons. The summed E-state index contributed by atoms with van der Waals surface area (Å²) < 4.78 is 26.1. The van der Waals surface area contributed by atoms with Crippen molar-refractivity contribution in [3.05, 3.63) is 47.5 Å². The maximum absolute atomic E-state index is 12.5. The van der Waals surface area contributed by atoms with Crippen molar-refractivity contribution in [2.45, 2.75) is 4.90 Å². The van der Waals surface area contributed by atoms with Crippen LogP contribution in [-0.4, -0.2) is 20.6 Å². The minimum atomic E-state index is -3.78. The minimum absolute atomic E-state index is 0.0162. The molecule has 0 heterocycles. The Kier molecular flexibility index (Phi) is 3.78. The molecule has 0 aliphatic rings. The third-order valence-electron chi connectivity index (χ3n) is 2.82. The lowest BCUT2D eigenvalue weighted by Crippen LogP contribution is -2.27. The predicted molar refractivity (Wildman–Crippen MR) is 79.6 cm³/mol. The number of sulfonamides is 1. The van der Waals surface area contributed by atoms with E-state index < -0.39 is 10.0 Å². The molecule has 106 valence electrons. The fourth-order valence-electron chi connectivity index (χ4n) is 1.70. The van der Waals surface area contributed by atoms with E-state index in [9.17, 15) is 13.5 Å². The van der Waals surface area contributed by atoms with Crippen LogP contribution in [0.2, 0.25) is 5.02 Å². The summed E-state index contributed by atoms with van der Waals surface area (Å²) in [6, 6.07) is 10.0. The molecule has 0 aliphatic carbocycles. The van der Waals surface area contributed by atoms with E-state index in [4.69, 9.17) is 17.3 Å². The monoisotopic (exact) mass is 312 g/mol. The number of phenols is 1. The van der Waals surface area contributed by atoms with E-state index in [1.54, 1.807) is 0 Å². The first-order valence-corrected chi connectivity index (χ1v) is 7.47. The number of nitrogens with two attached hydrogens (primary N) is 1. The molecular weight excluding hydrogens is 300 g/mol. The van der Waals surface area contributed by atoms with E-state index >= 15 is 0 Å². The first-order valence-electron chi connectivity index (χ1n) is 5.65. The van der Waals surface area contributed by atoms with Gasteiger partial charge in [0.15, 0.2) is 0 Å². The van der Waals surface area contributed by atoms with Crippen LogP contribution in [0.15, 0.2) is 47.4 Å². The van der Waals surface area contributed by atoms with Gasteiger partial charge in [0.1, 0.15) is 10.6 Å². The Labute approximate surface area is 122 Å². The molecule has 0 bridgehead atoms. The SMILES string of the molecule is CN(c1ccc(O)cc1)S(=O)(=O)c1ccc(Cl)cc1N. The molecule has 0 saturated heterocycles. The molecule has 0 unspecified atom stereocenters. The molecule has 3 N–H and O–H groups in total. The van der Waals surface area contributed by atoms with Crippen LogP contribution in [0.25, 0.3) is 0 Å². The van der Waals surface area contributed by atoms with Gasteiger partial charge in [-0.2, -0.15) is 0 Å². The molecule has 2 rings (SSSR count). The Hall–Kier alpha value is -1.92. The van der Waals surface area contributed by atoms with Crippen LogP contribution in [0.5, 0.6) is 5.75 Å². The number of hydrogen-bond acceptors (Lipinski definition) is 4. The van der Waals surface area contributed by atoms with Crippen molar-refractivity contribution in [1.29, 1.82) is 0 Å². The molecule has 2 aromatic carbocycles. The highest BCUT2D eigenvalue weighted by Gasteiger charge is 2.23. The quantitative estimate of drug-likeness (QED) is 0.853. The Morgan fingerprint density at radius 2 is 1.75 bits per heavy atom. The Balaban J connectivity index is 2.46. The number of hydrogen-bond donors (Lipinski definition) is 2. The molecule has 0 spiro atoms. The Morgan fingerprint density at radius 3 is 2.30 bits per heavy atom. The number of nitrogen functional groups attached to an aromatic ring is 1. The Bertz CT molecular complexity index is 730. The van der Waals surface area contributed by atoms with E-state index in [-0.39, 0.29) is 16.3 Å². The van der Waals surface area contributed by atoms with Crippen LogP contribution in [0, 0.1) is 0 Å². The fourth-order valence-corrected chi connectivity index (χ4v) is 3.17. The highest BCUT2D eigenvalue weighted by molar-refractivity contribution is 7.93. The molecule has 0 fully saturated rings. The molecule has 0 aromatic heterocycles. The van der Waals surface area contributed by atoms with Gasteiger partial charge in [-0.1, -0.05) is 11.6 Å². The van der Waals surface area contributed by atoms with Gasteiger partial charge in [0, 0.05) is 12.1 Å². The summed E-state index contributed by atoms with van der Waals surface area (Å²) in [7, 11) is -2.37. The van der Waals surface area contributed by atoms with Crippen LogP contribution in [0.3, 0.4) is 0 Å².